The molecule has 154 valence electrons. The summed E-state index contributed by atoms with van der Waals surface area (Å²) >= 11 is 0. The number of hydrogen-bond acceptors (Lipinski definition) is 6. The first-order chi connectivity index (χ1) is 13.0. The highest BCUT2D eigenvalue weighted by Crippen LogP contribution is 2.18. The average molecular weight is 429 g/mol. The van der Waals surface area contributed by atoms with Crippen LogP contribution in [0.4, 0.5) is 5.69 Å². The van der Waals surface area contributed by atoms with Gasteiger partial charge in [0.05, 0.1) is 12.3 Å². The summed E-state index contributed by atoms with van der Waals surface area (Å²) < 4.78 is 25.8. The number of nitrogens with zero attached hydrogens (tertiary/aromatic N) is 3. The number of sulfonamides is 1. The van der Waals surface area contributed by atoms with Crippen LogP contribution in [-0.2, 0) is 21.4 Å². The number of anilines is 1. The molecule has 1 aromatic heterocycles. The zero-order valence-corrected chi connectivity index (χ0v) is 17.1. The van der Waals surface area contributed by atoms with Gasteiger partial charge in [-0.25, -0.2) is 17.7 Å². The molecule has 28 heavy (non-hydrogen) atoms. The first-order valence-electron chi connectivity index (χ1n) is 8.97. The average Bonchev–Trinajstić information content (AvgIpc) is 3.34. The molecule has 1 fully saturated rings. The molecule has 2 heterocycles. The lowest BCUT2D eigenvalue weighted by Crippen LogP contribution is -2.30. The van der Waals surface area contributed by atoms with Gasteiger partial charge in [-0.3, -0.25) is 9.89 Å². The Morgan fingerprint density at radius 1 is 1.21 bits per heavy atom. The Balaban J connectivity index is 0.00000280. The van der Waals surface area contributed by atoms with Crippen molar-refractivity contribution in [2.24, 2.45) is 5.73 Å². The van der Waals surface area contributed by atoms with E-state index in [2.05, 4.69) is 20.5 Å². The highest BCUT2D eigenvalue weighted by Gasteiger charge is 2.24. The maximum atomic E-state index is 12.1. The summed E-state index contributed by atoms with van der Waals surface area (Å²) in [5.41, 5.74) is 6.95. The first-order valence-corrected chi connectivity index (χ1v) is 10.6. The minimum absolute atomic E-state index is 0. The van der Waals surface area contributed by atoms with Gasteiger partial charge < -0.3 is 11.1 Å². The largest absolute Gasteiger partial charge is 0.326 e. The molecule has 11 heteroatoms. The molecular weight excluding hydrogens is 404 g/mol. The van der Waals surface area contributed by atoms with Gasteiger partial charge in [0.25, 0.3) is 0 Å². The molecule has 0 radical (unpaired) electrons. The smallest absolute Gasteiger partial charge is 0.224 e. The lowest BCUT2D eigenvalue weighted by Gasteiger charge is -2.15. The molecule has 2 aromatic rings. The zero-order chi connectivity index (χ0) is 19.3. The van der Waals surface area contributed by atoms with E-state index in [0.717, 1.165) is 18.4 Å². The van der Waals surface area contributed by atoms with Crippen molar-refractivity contribution in [2.45, 2.75) is 32.2 Å². The molecular formula is C17H25ClN6O3S. The Bertz CT molecular complexity index is 879. The quantitative estimate of drug-likeness (QED) is 0.583. The molecule has 1 saturated heterocycles. The van der Waals surface area contributed by atoms with E-state index in [1.54, 1.807) is 24.3 Å². The third kappa shape index (κ3) is 5.74. The van der Waals surface area contributed by atoms with Gasteiger partial charge in [0.15, 0.2) is 5.82 Å². The molecule has 0 saturated carbocycles. The van der Waals surface area contributed by atoms with E-state index >= 15 is 0 Å². The SMILES string of the molecule is Cl.NCc1nc(-c2ccc(NC(=O)CCCS(=O)(=O)N3CCCC3)cc2)n[nH]1. The van der Waals surface area contributed by atoms with Crippen molar-refractivity contribution in [2.75, 3.05) is 24.2 Å². The second kappa shape index (κ2) is 9.97. The number of halogens is 1. The lowest BCUT2D eigenvalue weighted by atomic mass is 10.2. The number of carbonyl (C=O) groups excluding carboxylic acids is 1. The minimum atomic E-state index is -3.24. The number of benzene rings is 1. The normalized spacial score (nSPS) is 14.6. The molecule has 9 nitrogen and oxygen atoms in total. The number of aromatic amines is 1. The number of nitrogens with one attached hydrogen (secondary N) is 2. The number of aromatic nitrogens is 3. The molecule has 1 aromatic carbocycles. The topological polar surface area (TPSA) is 134 Å². The van der Waals surface area contributed by atoms with Gasteiger partial charge >= 0.3 is 0 Å². The Morgan fingerprint density at radius 2 is 1.89 bits per heavy atom. The lowest BCUT2D eigenvalue weighted by molar-refractivity contribution is -0.116. The molecule has 1 amide bonds. The maximum absolute atomic E-state index is 12.1. The molecule has 1 aliphatic rings. The number of amides is 1. The van der Waals surface area contributed by atoms with E-state index in [4.69, 9.17) is 5.73 Å². The molecule has 4 N–H and O–H groups in total. The van der Waals surface area contributed by atoms with Crippen molar-refractivity contribution in [1.29, 1.82) is 0 Å². The number of carbonyl (C=O) groups is 1. The third-order valence-electron chi connectivity index (χ3n) is 4.42. The van der Waals surface area contributed by atoms with E-state index in [1.165, 1.54) is 4.31 Å². The molecule has 1 aliphatic heterocycles. The van der Waals surface area contributed by atoms with Crippen LogP contribution in [0, 0.1) is 0 Å². The Labute approximate surface area is 170 Å². The van der Waals surface area contributed by atoms with Crippen LogP contribution in [0.25, 0.3) is 11.4 Å². The van der Waals surface area contributed by atoms with Crippen LogP contribution in [0.5, 0.6) is 0 Å². The summed E-state index contributed by atoms with van der Waals surface area (Å²) in [6.07, 6.45) is 2.30. The molecule has 3 rings (SSSR count). The number of H-pyrrole nitrogens is 1. The van der Waals surface area contributed by atoms with Crippen LogP contribution in [0.15, 0.2) is 24.3 Å². The van der Waals surface area contributed by atoms with Crippen molar-refractivity contribution in [3.63, 3.8) is 0 Å². The van der Waals surface area contributed by atoms with Gasteiger partial charge in [0, 0.05) is 30.8 Å². The predicted molar refractivity (Wildman–Crippen MR) is 109 cm³/mol. The highest BCUT2D eigenvalue weighted by molar-refractivity contribution is 7.89. The van der Waals surface area contributed by atoms with E-state index in [0.29, 0.717) is 36.8 Å². The van der Waals surface area contributed by atoms with Gasteiger partial charge in [-0.15, -0.1) is 12.4 Å². The molecule has 0 bridgehead atoms. The minimum Gasteiger partial charge on any atom is -0.326 e. The van der Waals surface area contributed by atoms with Crippen LogP contribution in [0.1, 0.15) is 31.5 Å². The summed E-state index contributed by atoms with van der Waals surface area (Å²) in [6.45, 7) is 1.48. The van der Waals surface area contributed by atoms with Gasteiger partial charge in [-0.1, -0.05) is 0 Å². The Hall–Kier alpha value is -2.01. The van der Waals surface area contributed by atoms with Crippen LogP contribution >= 0.6 is 12.4 Å². The number of hydrogen-bond donors (Lipinski definition) is 3. The van der Waals surface area contributed by atoms with Crippen LogP contribution in [-0.4, -0.2) is 52.7 Å². The second-order valence-electron chi connectivity index (χ2n) is 6.46. The second-order valence-corrected chi connectivity index (χ2v) is 8.55. The maximum Gasteiger partial charge on any atom is 0.224 e. The fourth-order valence-corrected chi connectivity index (χ4v) is 4.53. The Kier molecular flexibility index (Phi) is 7.93. The van der Waals surface area contributed by atoms with E-state index in [9.17, 15) is 13.2 Å². The third-order valence-corrected chi connectivity index (χ3v) is 6.37. The summed E-state index contributed by atoms with van der Waals surface area (Å²) in [7, 11) is -3.24. The monoisotopic (exact) mass is 428 g/mol. The summed E-state index contributed by atoms with van der Waals surface area (Å²) in [5.74, 6) is 0.947. The van der Waals surface area contributed by atoms with Crippen molar-refractivity contribution in [3.8, 4) is 11.4 Å². The van der Waals surface area contributed by atoms with Crippen LogP contribution < -0.4 is 11.1 Å². The molecule has 0 aliphatic carbocycles. The standard InChI is InChI=1S/C17H24N6O3S.ClH/c18-12-15-20-17(22-21-15)13-5-7-14(8-6-13)19-16(24)4-3-11-27(25,26)23-9-1-2-10-23;/h5-8H,1-4,9-12,18H2,(H,19,24)(H,20,21,22);1H. The summed E-state index contributed by atoms with van der Waals surface area (Å²) in [4.78, 5) is 16.3. The van der Waals surface area contributed by atoms with Crippen LogP contribution in [0.2, 0.25) is 0 Å². The van der Waals surface area contributed by atoms with Crippen molar-refractivity contribution >= 4 is 34.0 Å². The van der Waals surface area contributed by atoms with Crippen molar-refractivity contribution < 1.29 is 13.2 Å². The molecule has 0 unspecified atom stereocenters. The highest BCUT2D eigenvalue weighted by atomic mass is 35.5. The predicted octanol–water partition coefficient (Wildman–Crippen LogP) is 1.50. The van der Waals surface area contributed by atoms with Crippen molar-refractivity contribution in [1.82, 2.24) is 19.5 Å². The van der Waals surface area contributed by atoms with Gasteiger partial charge in [-0.2, -0.15) is 5.10 Å². The van der Waals surface area contributed by atoms with Gasteiger partial charge in [0.1, 0.15) is 5.82 Å². The molecule has 0 spiro atoms. The fraction of sp³-hybridized carbons (Fsp3) is 0.471. The Morgan fingerprint density at radius 3 is 2.50 bits per heavy atom. The van der Waals surface area contributed by atoms with E-state index in [-0.39, 0.29) is 37.0 Å². The summed E-state index contributed by atoms with van der Waals surface area (Å²) in [5, 5.41) is 9.60. The van der Waals surface area contributed by atoms with E-state index in [1.807, 2.05) is 0 Å². The van der Waals surface area contributed by atoms with Gasteiger partial charge in [-0.05, 0) is 43.5 Å². The first kappa shape index (κ1) is 22.3. The summed E-state index contributed by atoms with van der Waals surface area (Å²) in [6, 6.07) is 7.12. The fourth-order valence-electron chi connectivity index (χ4n) is 2.95. The van der Waals surface area contributed by atoms with Crippen molar-refractivity contribution in [3.05, 3.63) is 30.1 Å². The zero-order valence-electron chi connectivity index (χ0n) is 15.4. The molecule has 0 atom stereocenters. The number of rotatable bonds is 8. The van der Waals surface area contributed by atoms with Crippen LogP contribution in [0.3, 0.4) is 0 Å². The van der Waals surface area contributed by atoms with E-state index < -0.39 is 10.0 Å². The number of nitrogens with two attached hydrogens (primary N) is 1. The van der Waals surface area contributed by atoms with Gasteiger partial charge in [0.2, 0.25) is 15.9 Å².